The number of alkyl halides is 3. The van der Waals surface area contributed by atoms with Gasteiger partial charge >= 0.3 is 6.18 Å². The Morgan fingerprint density at radius 1 is 1.11 bits per heavy atom. The lowest BCUT2D eigenvalue weighted by atomic mass is 9.93. The fourth-order valence-corrected chi connectivity index (χ4v) is 6.13. The van der Waals surface area contributed by atoms with Crippen LogP contribution in [0.5, 0.6) is 5.88 Å². The van der Waals surface area contributed by atoms with E-state index in [9.17, 15) is 21.6 Å². The topological polar surface area (TPSA) is 94.1 Å². The maximum absolute atomic E-state index is 13.4. The molecule has 0 amide bonds. The number of aryl methyl sites for hydroxylation is 1. The average Bonchev–Trinajstić information content (AvgIpc) is 2.77. The second kappa shape index (κ2) is 9.25. The Morgan fingerprint density at radius 2 is 1.80 bits per heavy atom. The van der Waals surface area contributed by atoms with Gasteiger partial charge < -0.3 is 10.1 Å². The number of anilines is 1. The van der Waals surface area contributed by atoms with E-state index in [1.807, 2.05) is 6.07 Å². The molecule has 188 valence electrons. The van der Waals surface area contributed by atoms with Gasteiger partial charge in [-0.1, -0.05) is 12.1 Å². The summed E-state index contributed by atoms with van der Waals surface area (Å²) in [5.74, 6) is 1.41. The van der Waals surface area contributed by atoms with Crippen molar-refractivity contribution in [3.05, 3.63) is 52.3 Å². The number of benzene rings is 1. The molecule has 0 radical (unpaired) electrons. The number of nitrogens with zero attached hydrogens (tertiary/aromatic N) is 3. The van der Waals surface area contributed by atoms with Crippen molar-refractivity contribution in [2.24, 2.45) is 0 Å². The molecule has 0 spiro atoms. The summed E-state index contributed by atoms with van der Waals surface area (Å²) in [7, 11) is -1.54. The molecule has 2 aromatic heterocycles. The molecule has 1 aliphatic heterocycles. The third kappa shape index (κ3) is 5.19. The number of nitrogens with one attached hydrogen (secondary N) is 1. The Hall–Kier alpha value is -2.95. The van der Waals surface area contributed by atoms with Crippen molar-refractivity contribution < 1.29 is 26.3 Å². The molecule has 1 atom stereocenters. The Kier molecular flexibility index (Phi) is 6.65. The monoisotopic (exact) mass is 508 g/mol. The van der Waals surface area contributed by atoms with Crippen LogP contribution in [0.4, 0.5) is 19.0 Å². The number of hydrogen-bond donors (Lipinski definition) is 1. The summed E-state index contributed by atoms with van der Waals surface area (Å²) >= 11 is 0. The summed E-state index contributed by atoms with van der Waals surface area (Å²) in [5.41, 5.74) is 1.14. The summed E-state index contributed by atoms with van der Waals surface area (Å²) in [4.78, 5) is 13.5. The summed E-state index contributed by atoms with van der Waals surface area (Å²) in [6.07, 6.45) is -3.52. The second-order valence-corrected chi connectivity index (χ2v) is 11.2. The van der Waals surface area contributed by atoms with Gasteiger partial charge in [0.25, 0.3) is 0 Å². The highest BCUT2D eigenvalue weighted by Gasteiger charge is 2.33. The standard InChI is InChI=1S/C24H27F3N4O3S/c1-13-17(6-5-7-20(13)24(25,26)27)14(2)28-21-19-12-18(16-8-10-35(32,33)11-9-16)23(34-4)31-22(19)30-15(3)29-21/h5-7,12,14,16H,8-11H2,1-4H3,(H,28,29,30,31)/t14-/m1/s1. The van der Waals surface area contributed by atoms with Crippen LogP contribution in [0.25, 0.3) is 11.0 Å². The van der Waals surface area contributed by atoms with E-state index in [0.717, 1.165) is 11.6 Å². The van der Waals surface area contributed by atoms with E-state index in [-0.39, 0.29) is 23.0 Å². The number of pyridine rings is 1. The van der Waals surface area contributed by atoms with Crippen LogP contribution in [0.2, 0.25) is 0 Å². The minimum Gasteiger partial charge on any atom is -0.481 e. The number of ether oxygens (including phenoxy) is 1. The highest BCUT2D eigenvalue weighted by Crippen LogP contribution is 2.38. The molecule has 1 N–H and O–H groups in total. The van der Waals surface area contributed by atoms with Crippen molar-refractivity contribution in [2.45, 2.75) is 51.7 Å². The van der Waals surface area contributed by atoms with Gasteiger partial charge in [0, 0.05) is 5.56 Å². The molecule has 1 aromatic carbocycles. The maximum atomic E-state index is 13.4. The minimum atomic E-state index is -4.44. The Bertz CT molecular complexity index is 1360. The fraction of sp³-hybridized carbons (Fsp3) is 0.458. The Labute approximate surface area is 202 Å². The second-order valence-electron chi connectivity index (χ2n) is 8.89. The molecule has 4 rings (SSSR count). The van der Waals surface area contributed by atoms with Crippen LogP contribution >= 0.6 is 0 Å². The van der Waals surface area contributed by atoms with Crippen LogP contribution in [0.15, 0.2) is 24.3 Å². The molecule has 35 heavy (non-hydrogen) atoms. The van der Waals surface area contributed by atoms with Crippen LogP contribution in [-0.4, -0.2) is 42.0 Å². The number of rotatable bonds is 5. The molecule has 3 aromatic rings. The minimum absolute atomic E-state index is 0.0531. The Morgan fingerprint density at radius 3 is 2.43 bits per heavy atom. The average molecular weight is 509 g/mol. The van der Waals surface area contributed by atoms with Crippen LogP contribution in [0, 0.1) is 13.8 Å². The van der Waals surface area contributed by atoms with E-state index < -0.39 is 27.6 Å². The lowest BCUT2D eigenvalue weighted by molar-refractivity contribution is -0.138. The third-order valence-corrected chi connectivity index (χ3v) is 8.20. The summed E-state index contributed by atoms with van der Waals surface area (Å²) < 4.78 is 69.6. The largest absolute Gasteiger partial charge is 0.481 e. The van der Waals surface area contributed by atoms with E-state index in [2.05, 4.69) is 20.3 Å². The first kappa shape index (κ1) is 25.2. The van der Waals surface area contributed by atoms with E-state index >= 15 is 0 Å². The van der Waals surface area contributed by atoms with E-state index in [1.54, 1.807) is 19.9 Å². The van der Waals surface area contributed by atoms with Crippen molar-refractivity contribution in [1.82, 2.24) is 15.0 Å². The summed E-state index contributed by atoms with van der Waals surface area (Å²) in [5, 5.41) is 3.84. The normalized spacial score (nSPS) is 17.3. The number of methoxy groups -OCH3 is 1. The maximum Gasteiger partial charge on any atom is 0.416 e. The zero-order valence-electron chi connectivity index (χ0n) is 19.9. The molecule has 11 heteroatoms. The van der Waals surface area contributed by atoms with E-state index in [0.29, 0.717) is 47.0 Å². The first-order valence-corrected chi connectivity index (χ1v) is 13.1. The molecule has 7 nitrogen and oxygen atoms in total. The number of aromatic nitrogens is 3. The predicted molar refractivity (Wildman–Crippen MR) is 127 cm³/mol. The number of sulfone groups is 1. The number of halogens is 3. The van der Waals surface area contributed by atoms with Crippen molar-refractivity contribution in [3.8, 4) is 5.88 Å². The van der Waals surface area contributed by atoms with Crippen LogP contribution < -0.4 is 10.1 Å². The number of hydrogen-bond acceptors (Lipinski definition) is 7. The van der Waals surface area contributed by atoms with Crippen molar-refractivity contribution in [3.63, 3.8) is 0 Å². The van der Waals surface area contributed by atoms with Crippen molar-refractivity contribution in [1.29, 1.82) is 0 Å². The van der Waals surface area contributed by atoms with Crippen molar-refractivity contribution in [2.75, 3.05) is 23.9 Å². The molecule has 1 fully saturated rings. The molecule has 3 heterocycles. The summed E-state index contributed by atoms with van der Waals surface area (Å²) in [6.45, 7) is 4.94. The van der Waals surface area contributed by atoms with Gasteiger partial charge in [-0.2, -0.15) is 18.2 Å². The fourth-order valence-electron chi connectivity index (χ4n) is 4.64. The van der Waals surface area contributed by atoms with Gasteiger partial charge in [0.1, 0.15) is 21.5 Å². The molecule has 1 aliphatic rings. The molecular weight excluding hydrogens is 481 g/mol. The van der Waals surface area contributed by atoms with Gasteiger partial charge in [0.15, 0.2) is 5.65 Å². The van der Waals surface area contributed by atoms with Crippen LogP contribution in [0.3, 0.4) is 0 Å². The van der Waals surface area contributed by atoms with Gasteiger partial charge in [0.05, 0.1) is 35.6 Å². The van der Waals surface area contributed by atoms with Gasteiger partial charge in [-0.3, -0.25) is 0 Å². The Balaban J connectivity index is 1.75. The zero-order valence-corrected chi connectivity index (χ0v) is 20.7. The van der Waals surface area contributed by atoms with Gasteiger partial charge in [-0.05, 0) is 62.8 Å². The van der Waals surface area contributed by atoms with Gasteiger partial charge in [-0.15, -0.1) is 0 Å². The first-order valence-electron chi connectivity index (χ1n) is 11.3. The molecule has 0 unspecified atom stereocenters. The molecule has 0 saturated carbocycles. The quantitative estimate of drug-likeness (QED) is 0.510. The smallest absolute Gasteiger partial charge is 0.416 e. The number of fused-ring (bicyclic) bond motifs is 1. The molecule has 1 saturated heterocycles. The predicted octanol–water partition coefficient (Wildman–Crippen LogP) is 5.13. The molecule has 0 bridgehead atoms. The highest BCUT2D eigenvalue weighted by atomic mass is 32.2. The van der Waals surface area contributed by atoms with E-state index in [4.69, 9.17) is 4.74 Å². The van der Waals surface area contributed by atoms with Crippen molar-refractivity contribution >= 4 is 26.7 Å². The SMILES string of the molecule is COc1nc2nc(C)nc(N[C@H](C)c3cccc(C(F)(F)F)c3C)c2cc1C1CCS(=O)(=O)CC1. The zero-order chi connectivity index (χ0) is 25.5. The molecular formula is C24H27F3N4O3S. The summed E-state index contributed by atoms with van der Waals surface area (Å²) in [6, 6.07) is 5.50. The van der Waals surface area contributed by atoms with Crippen LogP contribution in [0.1, 0.15) is 59.8 Å². The lowest BCUT2D eigenvalue weighted by Gasteiger charge is -2.24. The third-order valence-electron chi connectivity index (χ3n) is 6.48. The van der Waals surface area contributed by atoms with E-state index in [1.165, 1.54) is 20.1 Å². The first-order chi connectivity index (χ1) is 16.4. The van der Waals surface area contributed by atoms with Crippen LogP contribution in [-0.2, 0) is 16.0 Å². The lowest BCUT2D eigenvalue weighted by Crippen LogP contribution is -2.22. The van der Waals surface area contributed by atoms with Gasteiger partial charge in [0.2, 0.25) is 5.88 Å². The van der Waals surface area contributed by atoms with Gasteiger partial charge in [-0.25, -0.2) is 18.4 Å². The molecule has 0 aliphatic carbocycles. The highest BCUT2D eigenvalue weighted by molar-refractivity contribution is 7.91.